The third-order valence-corrected chi connectivity index (χ3v) is 6.73. The summed E-state index contributed by atoms with van der Waals surface area (Å²) in [6.07, 6.45) is 8.04. The minimum Gasteiger partial charge on any atom is -0.463 e. The first-order valence-corrected chi connectivity index (χ1v) is 11.3. The van der Waals surface area contributed by atoms with Gasteiger partial charge in [0, 0.05) is 5.56 Å². The van der Waals surface area contributed by atoms with E-state index in [1.807, 2.05) is 0 Å². The van der Waals surface area contributed by atoms with E-state index in [1.165, 1.54) is 49.7 Å². The number of pyridine rings is 1. The van der Waals surface area contributed by atoms with Crippen LogP contribution in [0.3, 0.4) is 0 Å². The number of methoxy groups -OCH3 is 1. The average Bonchev–Trinajstić information content (AvgIpc) is 3.26. The zero-order valence-corrected chi connectivity index (χ0v) is 17.6. The molecule has 0 unspecified atom stereocenters. The number of hydrogen-bond acceptors (Lipinski definition) is 6. The van der Waals surface area contributed by atoms with Crippen LogP contribution in [-0.4, -0.2) is 26.2 Å². The van der Waals surface area contributed by atoms with Gasteiger partial charge in [0.15, 0.2) is 5.03 Å². The summed E-state index contributed by atoms with van der Waals surface area (Å²) in [7, 11) is 1.34. The van der Waals surface area contributed by atoms with Crippen molar-refractivity contribution >= 4 is 23.5 Å². The van der Waals surface area contributed by atoms with Gasteiger partial charge in [-0.2, -0.15) is 5.26 Å². The van der Waals surface area contributed by atoms with E-state index in [0.717, 1.165) is 42.9 Å². The molecule has 6 nitrogen and oxygen atoms in total. The third-order valence-electron chi connectivity index (χ3n) is 5.71. The Balaban J connectivity index is 1.64. The zero-order valence-electron chi connectivity index (χ0n) is 16.8. The third kappa shape index (κ3) is 4.13. The van der Waals surface area contributed by atoms with Crippen LogP contribution in [0.15, 0.2) is 21.6 Å². The van der Waals surface area contributed by atoms with E-state index >= 15 is 0 Å². The molecule has 0 saturated carbocycles. The van der Waals surface area contributed by atoms with Crippen molar-refractivity contribution in [3.8, 4) is 6.07 Å². The van der Waals surface area contributed by atoms with Crippen LogP contribution < -0.4 is 9.88 Å². The number of fused-ring (bicyclic) bond motifs is 1. The Bertz CT molecular complexity index is 942. The molecule has 1 N–H and O–H groups in total. The number of carbonyl (C=O) groups is 1. The highest BCUT2D eigenvalue weighted by Crippen LogP contribution is 2.35. The van der Waals surface area contributed by atoms with E-state index < -0.39 is 5.97 Å². The Kier molecular flexibility index (Phi) is 6.10. The molecule has 0 spiro atoms. The van der Waals surface area contributed by atoms with E-state index in [0.29, 0.717) is 11.5 Å². The molecule has 29 heavy (non-hydrogen) atoms. The second kappa shape index (κ2) is 8.91. The first-order valence-electron chi connectivity index (χ1n) is 10.3. The Morgan fingerprint density at radius 3 is 2.69 bits per heavy atom. The second-order valence-corrected chi connectivity index (χ2v) is 8.53. The fourth-order valence-electron chi connectivity index (χ4n) is 4.25. The molecule has 1 saturated heterocycles. The first kappa shape index (κ1) is 19.8. The lowest BCUT2D eigenvalue weighted by Crippen LogP contribution is -2.37. The van der Waals surface area contributed by atoms with Crippen LogP contribution in [0.4, 0.5) is 5.82 Å². The van der Waals surface area contributed by atoms with Crippen molar-refractivity contribution in [3.63, 3.8) is 0 Å². The van der Waals surface area contributed by atoms with Crippen molar-refractivity contribution in [1.29, 1.82) is 5.26 Å². The van der Waals surface area contributed by atoms with Gasteiger partial charge in [0.2, 0.25) is 5.76 Å². The number of rotatable bonds is 5. The van der Waals surface area contributed by atoms with Crippen LogP contribution in [0.2, 0.25) is 0 Å². The number of furan rings is 1. The van der Waals surface area contributed by atoms with E-state index in [2.05, 4.69) is 16.0 Å². The summed E-state index contributed by atoms with van der Waals surface area (Å²) >= 11 is 1.56. The fraction of sp³-hybridized carbons (Fsp3) is 0.500. The van der Waals surface area contributed by atoms with Gasteiger partial charge in [-0.3, -0.25) is 4.90 Å². The van der Waals surface area contributed by atoms with Crippen LogP contribution in [0.5, 0.6) is 0 Å². The molecular formula is C22H26N3O3S+. The van der Waals surface area contributed by atoms with Gasteiger partial charge in [0.1, 0.15) is 17.4 Å². The fourth-order valence-corrected chi connectivity index (χ4v) is 5.17. The number of aromatic amines is 1. The predicted octanol–water partition coefficient (Wildman–Crippen LogP) is 3.91. The summed E-state index contributed by atoms with van der Waals surface area (Å²) in [5, 5.41) is 10.8. The van der Waals surface area contributed by atoms with E-state index in [1.54, 1.807) is 23.9 Å². The SMILES string of the molecule is COC(=O)c1ccc(CSc2[nH+]c(N3CCCCC3)c3c(c2C#N)CCCC3)o1. The zero-order chi connectivity index (χ0) is 20.2. The maximum absolute atomic E-state index is 11.6. The van der Waals surface area contributed by atoms with Crippen molar-refractivity contribution < 1.29 is 18.9 Å². The van der Waals surface area contributed by atoms with Crippen LogP contribution in [-0.2, 0) is 23.3 Å². The quantitative estimate of drug-likeness (QED) is 0.547. The number of thioether (sulfide) groups is 1. The van der Waals surface area contributed by atoms with Crippen molar-refractivity contribution in [1.82, 2.24) is 0 Å². The number of hydrogen-bond donors (Lipinski definition) is 0. The molecular weight excluding hydrogens is 386 g/mol. The van der Waals surface area contributed by atoms with Gasteiger partial charge in [0.25, 0.3) is 5.82 Å². The Morgan fingerprint density at radius 2 is 1.97 bits per heavy atom. The van der Waals surface area contributed by atoms with Gasteiger partial charge in [0.05, 0.1) is 26.0 Å². The molecule has 2 aliphatic rings. The number of aromatic nitrogens is 1. The number of anilines is 1. The second-order valence-electron chi connectivity index (χ2n) is 7.55. The van der Waals surface area contributed by atoms with E-state index in [-0.39, 0.29) is 5.76 Å². The molecule has 152 valence electrons. The van der Waals surface area contributed by atoms with Gasteiger partial charge >= 0.3 is 5.97 Å². The standard InChI is InChI=1S/C22H25N3O3S/c1-27-22(26)19-10-9-15(28-19)14-29-21-18(13-23)16-7-3-4-8-17(16)20(24-21)25-11-5-2-6-12-25/h9-10H,2-8,11-12,14H2,1H3/p+1. The molecule has 3 heterocycles. The minimum atomic E-state index is -0.480. The highest BCUT2D eigenvalue weighted by molar-refractivity contribution is 7.98. The van der Waals surface area contributed by atoms with Gasteiger partial charge in [-0.25, -0.2) is 9.78 Å². The number of carbonyl (C=O) groups excluding carboxylic acids is 1. The van der Waals surface area contributed by atoms with Crippen LogP contribution in [0.25, 0.3) is 0 Å². The lowest BCUT2D eigenvalue weighted by Gasteiger charge is -2.26. The molecule has 1 aliphatic heterocycles. The van der Waals surface area contributed by atoms with Crippen molar-refractivity contribution in [2.45, 2.75) is 55.7 Å². The molecule has 0 aromatic carbocycles. The molecule has 1 fully saturated rings. The van der Waals surface area contributed by atoms with Gasteiger partial charge < -0.3 is 9.15 Å². The van der Waals surface area contributed by atoms with Gasteiger partial charge in [-0.05, 0) is 62.6 Å². The molecule has 2 aromatic rings. The van der Waals surface area contributed by atoms with Crippen molar-refractivity contribution in [2.75, 3.05) is 25.1 Å². The lowest BCUT2D eigenvalue weighted by atomic mass is 9.89. The monoisotopic (exact) mass is 412 g/mol. The molecule has 7 heteroatoms. The molecule has 4 rings (SSSR count). The predicted molar refractivity (Wildman–Crippen MR) is 110 cm³/mol. The summed E-state index contributed by atoms with van der Waals surface area (Å²) in [5.74, 6) is 2.15. The average molecular weight is 413 g/mol. The Morgan fingerprint density at radius 1 is 1.21 bits per heavy atom. The largest absolute Gasteiger partial charge is 0.463 e. The van der Waals surface area contributed by atoms with Gasteiger partial charge in [-0.1, -0.05) is 11.8 Å². The number of piperidine rings is 1. The first-order chi connectivity index (χ1) is 14.2. The van der Waals surface area contributed by atoms with Crippen LogP contribution in [0.1, 0.15) is 65.1 Å². The number of nitrogens with one attached hydrogen (secondary N) is 1. The number of ether oxygens (including phenoxy) is 1. The lowest BCUT2D eigenvalue weighted by molar-refractivity contribution is -0.414. The summed E-state index contributed by atoms with van der Waals surface area (Å²) < 4.78 is 10.3. The smallest absolute Gasteiger partial charge is 0.373 e. The summed E-state index contributed by atoms with van der Waals surface area (Å²) in [4.78, 5) is 17.7. The Hall–Kier alpha value is -2.46. The van der Waals surface area contributed by atoms with Crippen LogP contribution >= 0.6 is 11.8 Å². The van der Waals surface area contributed by atoms with E-state index in [4.69, 9.17) is 9.15 Å². The normalized spacial score (nSPS) is 16.2. The number of nitrogens with zero attached hydrogens (tertiary/aromatic N) is 2. The highest BCUT2D eigenvalue weighted by atomic mass is 32.2. The molecule has 0 radical (unpaired) electrons. The maximum Gasteiger partial charge on any atom is 0.373 e. The number of esters is 1. The topological polar surface area (TPSA) is 80.6 Å². The van der Waals surface area contributed by atoms with Gasteiger partial charge in [-0.15, -0.1) is 0 Å². The number of nitriles is 1. The van der Waals surface area contributed by atoms with Crippen molar-refractivity contribution in [2.24, 2.45) is 0 Å². The minimum absolute atomic E-state index is 0.201. The molecule has 0 atom stereocenters. The molecule has 2 aromatic heterocycles. The number of H-pyrrole nitrogens is 1. The summed E-state index contributed by atoms with van der Waals surface area (Å²) in [6.45, 7) is 2.14. The summed E-state index contributed by atoms with van der Waals surface area (Å²) in [5.41, 5.74) is 3.32. The van der Waals surface area contributed by atoms with E-state index in [9.17, 15) is 10.1 Å². The summed E-state index contributed by atoms with van der Waals surface area (Å²) in [6, 6.07) is 5.86. The van der Waals surface area contributed by atoms with Crippen molar-refractivity contribution in [3.05, 3.63) is 40.3 Å². The highest BCUT2D eigenvalue weighted by Gasteiger charge is 2.30. The Labute approximate surface area is 175 Å². The molecule has 1 aliphatic carbocycles. The molecule has 0 bridgehead atoms. The molecule has 0 amide bonds. The maximum atomic E-state index is 11.6. The van der Waals surface area contributed by atoms with Crippen LogP contribution in [0, 0.1) is 11.3 Å².